The van der Waals surface area contributed by atoms with E-state index in [0.29, 0.717) is 17.1 Å². The number of hydrogen-bond acceptors (Lipinski definition) is 5. The van der Waals surface area contributed by atoms with Crippen molar-refractivity contribution >= 4 is 11.8 Å². The maximum absolute atomic E-state index is 11.3. The van der Waals surface area contributed by atoms with Gasteiger partial charge in [-0.05, 0) is 32.3 Å². The summed E-state index contributed by atoms with van der Waals surface area (Å²) < 4.78 is 0. The zero-order valence-electron chi connectivity index (χ0n) is 10.7. The monoisotopic (exact) mass is 250 g/mol. The van der Waals surface area contributed by atoms with Crippen LogP contribution >= 0.6 is 0 Å². The number of aromatic nitrogens is 2. The van der Waals surface area contributed by atoms with Gasteiger partial charge in [-0.1, -0.05) is 6.42 Å². The second-order valence-electron chi connectivity index (χ2n) is 4.60. The second-order valence-corrected chi connectivity index (χ2v) is 4.60. The molecule has 0 aliphatic carbocycles. The van der Waals surface area contributed by atoms with Crippen LogP contribution in [0.5, 0.6) is 0 Å². The maximum Gasteiger partial charge on any atom is 0.339 e. The van der Waals surface area contributed by atoms with Crippen LogP contribution in [0.25, 0.3) is 0 Å². The van der Waals surface area contributed by atoms with E-state index in [2.05, 4.69) is 15.6 Å². The van der Waals surface area contributed by atoms with Gasteiger partial charge < -0.3 is 10.5 Å². The van der Waals surface area contributed by atoms with Gasteiger partial charge in [-0.3, -0.25) is 0 Å². The van der Waals surface area contributed by atoms with Crippen molar-refractivity contribution in [1.82, 2.24) is 15.2 Å². The molecule has 1 saturated heterocycles. The molecule has 2 N–H and O–H groups in total. The first-order chi connectivity index (χ1) is 8.59. The number of anilines is 1. The van der Waals surface area contributed by atoms with Crippen LogP contribution in [-0.2, 0) is 0 Å². The first-order valence-corrected chi connectivity index (χ1v) is 6.18. The Morgan fingerprint density at radius 3 is 2.50 bits per heavy atom. The Morgan fingerprint density at radius 2 is 1.89 bits per heavy atom. The Kier molecular flexibility index (Phi) is 3.76. The smallest absolute Gasteiger partial charge is 0.339 e. The average Bonchev–Trinajstić information content (AvgIpc) is 2.35. The van der Waals surface area contributed by atoms with Gasteiger partial charge in [0.2, 0.25) is 0 Å². The fraction of sp³-hybridized carbons (Fsp3) is 0.583. The molecule has 6 heteroatoms. The van der Waals surface area contributed by atoms with E-state index in [-0.39, 0.29) is 5.56 Å². The summed E-state index contributed by atoms with van der Waals surface area (Å²) in [5.74, 6) is -0.627. The lowest BCUT2D eigenvalue weighted by Gasteiger charge is -2.27. The number of aromatic carboxylic acids is 1. The molecular weight excluding hydrogens is 232 g/mol. The van der Waals surface area contributed by atoms with Crippen LogP contribution in [-0.4, -0.2) is 39.4 Å². The molecule has 0 unspecified atom stereocenters. The van der Waals surface area contributed by atoms with Crippen LogP contribution in [0.15, 0.2) is 0 Å². The highest BCUT2D eigenvalue weighted by Crippen LogP contribution is 2.20. The van der Waals surface area contributed by atoms with Gasteiger partial charge in [0.25, 0.3) is 0 Å². The summed E-state index contributed by atoms with van der Waals surface area (Å²) in [6.07, 6.45) is 3.46. The summed E-state index contributed by atoms with van der Waals surface area (Å²) in [6.45, 7) is 5.34. The van der Waals surface area contributed by atoms with Gasteiger partial charge in [-0.15, -0.1) is 5.10 Å². The second kappa shape index (κ2) is 5.30. The third-order valence-corrected chi connectivity index (χ3v) is 3.29. The minimum Gasteiger partial charge on any atom is -0.478 e. The zero-order chi connectivity index (χ0) is 13.1. The van der Waals surface area contributed by atoms with E-state index in [1.54, 1.807) is 13.8 Å². The van der Waals surface area contributed by atoms with Gasteiger partial charge in [0.1, 0.15) is 5.56 Å². The number of nitrogens with one attached hydrogen (secondary N) is 1. The van der Waals surface area contributed by atoms with E-state index in [4.69, 9.17) is 0 Å². The van der Waals surface area contributed by atoms with Crippen molar-refractivity contribution in [2.24, 2.45) is 0 Å². The molecule has 0 aromatic carbocycles. The third kappa shape index (κ3) is 2.59. The molecule has 2 heterocycles. The number of carboxylic acids is 1. The number of carbonyl (C=O) groups is 1. The molecule has 0 radical (unpaired) electrons. The normalized spacial score (nSPS) is 16.6. The van der Waals surface area contributed by atoms with Crippen LogP contribution in [0, 0.1) is 13.8 Å². The standard InChI is InChI=1S/C12H18N4O2/c1-8-9(2)13-14-11(10(8)12(17)18)15-16-6-4-3-5-7-16/h3-7H2,1-2H3,(H,14,15)(H,17,18). The Balaban J connectivity index is 2.26. The van der Waals surface area contributed by atoms with E-state index < -0.39 is 5.97 Å². The molecule has 1 aliphatic rings. The zero-order valence-corrected chi connectivity index (χ0v) is 10.7. The minimum atomic E-state index is -0.968. The van der Waals surface area contributed by atoms with Gasteiger partial charge >= 0.3 is 5.97 Å². The lowest BCUT2D eigenvalue weighted by Crippen LogP contribution is -2.36. The topological polar surface area (TPSA) is 78.4 Å². The minimum absolute atomic E-state index is 0.216. The molecule has 6 nitrogen and oxygen atoms in total. The highest BCUT2D eigenvalue weighted by molar-refractivity contribution is 5.94. The molecular formula is C12H18N4O2. The average molecular weight is 250 g/mol. The number of nitrogens with zero attached hydrogens (tertiary/aromatic N) is 3. The Labute approximate surface area is 106 Å². The van der Waals surface area contributed by atoms with Gasteiger partial charge in [-0.25, -0.2) is 9.80 Å². The lowest BCUT2D eigenvalue weighted by atomic mass is 10.1. The van der Waals surface area contributed by atoms with Crippen molar-refractivity contribution in [2.45, 2.75) is 33.1 Å². The fourth-order valence-corrected chi connectivity index (χ4v) is 2.10. The van der Waals surface area contributed by atoms with Crippen molar-refractivity contribution < 1.29 is 9.90 Å². The Hall–Kier alpha value is -1.69. The molecule has 0 saturated carbocycles. The van der Waals surface area contributed by atoms with Crippen molar-refractivity contribution in [2.75, 3.05) is 18.5 Å². The van der Waals surface area contributed by atoms with Gasteiger partial charge in [0.15, 0.2) is 5.82 Å². The van der Waals surface area contributed by atoms with Crippen LogP contribution in [0.3, 0.4) is 0 Å². The van der Waals surface area contributed by atoms with Crippen molar-refractivity contribution in [1.29, 1.82) is 0 Å². The highest BCUT2D eigenvalue weighted by atomic mass is 16.4. The number of rotatable bonds is 3. The van der Waals surface area contributed by atoms with Gasteiger partial charge in [-0.2, -0.15) is 5.10 Å². The van der Waals surface area contributed by atoms with Gasteiger partial charge in [0, 0.05) is 13.1 Å². The van der Waals surface area contributed by atoms with E-state index in [1.165, 1.54) is 6.42 Å². The summed E-state index contributed by atoms with van der Waals surface area (Å²) in [5, 5.41) is 19.2. The molecule has 1 aromatic rings. The van der Waals surface area contributed by atoms with Crippen molar-refractivity contribution in [3.05, 3.63) is 16.8 Å². The molecule has 1 aliphatic heterocycles. The first-order valence-electron chi connectivity index (χ1n) is 6.18. The number of hydrogen-bond donors (Lipinski definition) is 2. The molecule has 0 spiro atoms. The van der Waals surface area contributed by atoms with Crippen LogP contribution in [0.1, 0.15) is 40.9 Å². The number of carboxylic acid groups (broad SMARTS) is 1. The van der Waals surface area contributed by atoms with E-state index >= 15 is 0 Å². The van der Waals surface area contributed by atoms with E-state index in [9.17, 15) is 9.90 Å². The maximum atomic E-state index is 11.3. The van der Waals surface area contributed by atoms with E-state index in [0.717, 1.165) is 25.9 Å². The molecule has 1 fully saturated rings. The quantitative estimate of drug-likeness (QED) is 0.848. The molecule has 0 amide bonds. The predicted octanol–water partition coefficient (Wildman–Crippen LogP) is 1.60. The highest BCUT2D eigenvalue weighted by Gasteiger charge is 2.20. The van der Waals surface area contributed by atoms with Crippen LogP contribution in [0.4, 0.5) is 5.82 Å². The molecule has 1 aromatic heterocycles. The van der Waals surface area contributed by atoms with Gasteiger partial charge in [0.05, 0.1) is 5.69 Å². The first kappa shape index (κ1) is 12.8. The van der Waals surface area contributed by atoms with Crippen molar-refractivity contribution in [3.8, 4) is 0 Å². The Bertz CT molecular complexity index is 456. The molecule has 0 atom stereocenters. The molecule has 18 heavy (non-hydrogen) atoms. The third-order valence-electron chi connectivity index (χ3n) is 3.29. The molecule has 2 rings (SSSR count). The summed E-state index contributed by atoms with van der Waals surface area (Å²) in [7, 11) is 0. The fourth-order valence-electron chi connectivity index (χ4n) is 2.10. The largest absolute Gasteiger partial charge is 0.478 e. The number of hydrazine groups is 1. The summed E-state index contributed by atoms with van der Waals surface area (Å²) in [6, 6.07) is 0. The molecule has 98 valence electrons. The Morgan fingerprint density at radius 1 is 1.22 bits per heavy atom. The van der Waals surface area contributed by atoms with Crippen LogP contribution < -0.4 is 5.43 Å². The molecule has 0 bridgehead atoms. The summed E-state index contributed by atoms with van der Waals surface area (Å²) in [5.41, 5.74) is 4.61. The summed E-state index contributed by atoms with van der Waals surface area (Å²) >= 11 is 0. The predicted molar refractivity (Wildman–Crippen MR) is 67.5 cm³/mol. The lowest BCUT2D eigenvalue weighted by molar-refractivity contribution is 0.0696. The summed E-state index contributed by atoms with van der Waals surface area (Å²) in [4.78, 5) is 11.3. The number of aryl methyl sites for hydroxylation is 1. The SMILES string of the molecule is Cc1nnc(NN2CCCCC2)c(C(=O)O)c1C. The van der Waals surface area contributed by atoms with Crippen LogP contribution in [0.2, 0.25) is 0 Å². The van der Waals surface area contributed by atoms with Crippen molar-refractivity contribution in [3.63, 3.8) is 0 Å². The van der Waals surface area contributed by atoms with E-state index in [1.807, 2.05) is 5.01 Å². The number of piperidine rings is 1.